The van der Waals surface area contributed by atoms with Crippen LogP contribution in [0.5, 0.6) is 5.75 Å². The Kier molecular flexibility index (Phi) is 9.92. The van der Waals surface area contributed by atoms with E-state index in [1.54, 1.807) is 18.2 Å². The number of hydrogen-bond donors (Lipinski definition) is 3. The van der Waals surface area contributed by atoms with Crippen molar-refractivity contribution in [3.63, 3.8) is 0 Å². The molecule has 0 spiro atoms. The minimum atomic E-state index is -2.69. The highest BCUT2D eigenvalue weighted by Crippen LogP contribution is 2.41. The fraction of sp³-hybridized carbons (Fsp3) is 0.516. The quantitative estimate of drug-likeness (QED) is 0.346. The first kappa shape index (κ1) is 31.0. The Morgan fingerprint density at radius 1 is 1.12 bits per heavy atom. The van der Waals surface area contributed by atoms with E-state index in [0.29, 0.717) is 49.0 Å². The van der Waals surface area contributed by atoms with Crippen LogP contribution in [0.4, 0.5) is 5.69 Å². The molecule has 3 aliphatic rings. The van der Waals surface area contributed by atoms with E-state index in [-0.39, 0.29) is 23.9 Å². The SMILES string of the molecule is NC(=O)[C@@]1(O)CN(S(=O)[O-])CCC/C=C/[C@H](O)[C@@H]2CC[C@H]2CN2CCCCc3cc(Cl)ccc3COc3ccc1cc32. The normalized spacial score (nSPS) is 29.0. The Bertz CT molecular complexity index is 1340. The largest absolute Gasteiger partial charge is 0.760 e. The number of nitrogens with zero attached hydrogens (tertiary/aromatic N) is 2. The summed E-state index contributed by atoms with van der Waals surface area (Å²) in [7, 11) is 0. The van der Waals surface area contributed by atoms with Crippen LogP contribution in [-0.2, 0) is 34.7 Å². The van der Waals surface area contributed by atoms with E-state index in [9.17, 15) is 23.8 Å². The van der Waals surface area contributed by atoms with E-state index in [0.717, 1.165) is 47.5 Å². The first-order valence-electron chi connectivity index (χ1n) is 14.7. The number of halogens is 1. The second-order valence-corrected chi connectivity index (χ2v) is 13.0. The maximum atomic E-state index is 12.8. The Morgan fingerprint density at radius 2 is 1.95 bits per heavy atom. The highest BCUT2D eigenvalue weighted by molar-refractivity contribution is 7.76. The summed E-state index contributed by atoms with van der Waals surface area (Å²) in [5, 5.41) is 23.3. The molecule has 1 fully saturated rings. The van der Waals surface area contributed by atoms with Crippen molar-refractivity contribution in [3.05, 3.63) is 70.3 Å². The van der Waals surface area contributed by atoms with Gasteiger partial charge in [0.2, 0.25) is 0 Å². The molecule has 2 aromatic carbocycles. The Hall–Kier alpha value is -2.47. The number of anilines is 1. The lowest BCUT2D eigenvalue weighted by molar-refractivity contribution is -0.138. The van der Waals surface area contributed by atoms with Crippen molar-refractivity contribution in [2.75, 3.05) is 31.1 Å². The molecule has 5 rings (SSSR count). The molecule has 1 amide bonds. The van der Waals surface area contributed by atoms with Crippen molar-refractivity contribution in [2.45, 2.75) is 63.3 Å². The van der Waals surface area contributed by atoms with Crippen molar-refractivity contribution in [1.29, 1.82) is 0 Å². The van der Waals surface area contributed by atoms with E-state index in [2.05, 4.69) is 4.90 Å². The molecule has 2 aliphatic heterocycles. The molecule has 1 saturated carbocycles. The monoisotopic (exact) mass is 616 g/mol. The molecular formula is C31H39ClN3O6S-. The van der Waals surface area contributed by atoms with Gasteiger partial charge in [0, 0.05) is 35.9 Å². The number of allylic oxidation sites excluding steroid dienone is 1. The summed E-state index contributed by atoms with van der Waals surface area (Å²) in [6.45, 7) is 1.24. The van der Waals surface area contributed by atoms with Crippen LogP contribution in [0.3, 0.4) is 0 Å². The van der Waals surface area contributed by atoms with Gasteiger partial charge in [-0.2, -0.15) is 0 Å². The average molecular weight is 617 g/mol. The van der Waals surface area contributed by atoms with Crippen LogP contribution in [-0.4, -0.2) is 61.5 Å². The molecule has 11 heteroatoms. The van der Waals surface area contributed by atoms with Crippen molar-refractivity contribution in [1.82, 2.24) is 4.31 Å². The summed E-state index contributed by atoms with van der Waals surface area (Å²) in [4.78, 5) is 15.0. The number of aliphatic hydroxyl groups is 2. The number of primary amides is 1. The Labute approximate surface area is 254 Å². The number of ether oxygens (including phenoxy) is 1. The number of hydrogen-bond acceptors (Lipinski definition) is 7. The number of β-amino-alcohol motifs (C(OH)–C–C–N with tert-alkyl or cyclic N) is 1. The Morgan fingerprint density at radius 3 is 2.69 bits per heavy atom. The van der Waals surface area contributed by atoms with Crippen LogP contribution in [0.2, 0.25) is 5.02 Å². The molecule has 2 aromatic rings. The molecule has 1 aliphatic carbocycles. The van der Waals surface area contributed by atoms with Crippen molar-refractivity contribution in [2.24, 2.45) is 17.6 Å². The summed E-state index contributed by atoms with van der Waals surface area (Å²) in [6.07, 6.45) is 8.68. The number of aliphatic hydroxyl groups excluding tert-OH is 1. The van der Waals surface area contributed by atoms with E-state index in [1.807, 2.05) is 30.4 Å². The predicted molar refractivity (Wildman–Crippen MR) is 162 cm³/mol. The van der Waals surface area contributed by atoms with Crippen LogP contribution in [0.25, 0.3) is 0 Å². The van der Waals surface area contributed by atoms with Crippen LogP contribution < -0.4 is 15.4 Å². The Balaban J connectivity index is 1.58. The van der Waals surface area contributed by atoms with Crippen LogP contribution in [0.1, 0.15) is 55.2 Å². The van der Waals surface area contributed by atoms with Gasteiger partial charge in [0.1, 0.15) is 12.4 Å². The van der Waals surface area contributed by atoms with E-state index >= 15 is 0 Å². The number of carbonyl (C=O) groups is 1. The minimum Gasteiger partial charge on any atom is -0.760 e. The van der Waals surface area contributed by atoms with Crippen LogP contribution in [0, 0.1) is 11.8 Å². The zero-order valence-electron chi connectivity index (χ0n) is 23.6. The van der Waals surface area contributed by atoms with Gasteiger partial charge in [-0.3, -0.25) is 9.00 Å². The lowest BCUT2D eigenvalue weighted by atomic mass is 9.70. The fourth-order valence-electron chi connectivity index (χ4n) is 6.29. The molecule has 0 saturated heterocycles. The molecule has 228 valence electrons. The first-order chi connectivity index (χ1) is 20.2. The molecule has 9 nitrogen and oxygen atoms in total. The second-order valence-electron chi connectivity index (χ2n) is 11.7. The second kappa shape index (κ2) is 13.4. The van der Waals surface area contributed by atoms with Crippen molar-refractivity contribution in [3.8, 4) is 5.75 Å². The summed E-state index contributed by atoms with van der Waals surface area (Å²) < 4.78 is 31.6. The third-order valence-corrected chi connectivity index (χ3v) is 9.93. The number of benzene rings is 2. The highest BCUT2D eigenvalue weighted by atomic mass is 35.5. The number of rotatable bonds is 2. The first-order valence-corrected chi connectivity index (χ1v) is 16.1. The van der Waals surface area contributed by atoms with Gasteiger partial charge in [-0.1, -0.05) is 35.9 Å². The van der Waals surface area contributed by atoms with Gasteiger partial charge in [-0.05, 0) is 97.7 Å². The molecule has 2 bridgehead atoms. The van der Waals surface area contributed by atoms with Crippen molar-refractivity contribution < 1.29 is 28.5 Å². The van der Waals surface area contributed by atoms with Crippen LogP contribution >= 0.6 is 11.6 Å². The third kappa shape index (κ3) is 6.85. The molecule has 1 unspecified atom stereocenters. The maximum absolute atomic E-state index is 12.8. The van der Waals surface area contributed by atoms with Gasteiger partial charge in [-0.15, -0.1) is 0 Å². The standard InChI is InChI=1S/C31H40ClN3O6S/c32-25-11-8-23-19-41-29-13-10-24-17-27(29)34(14-5-3-6-21(23)16-25)18-22-9-12-26(22)28(36)7-2-1-4-15-35(42(39)40)20-31(24,38)30(33)37/h2,7-8,10-11,13,16-17,22,26,28,36,38H,1,3-6,9,12,14-15,18-20H2,(H2,33,37)(H,39,40)/p-1/b7-2+/t22-,26+,28-,31+/m0/s1. The van der Waals surface area contributed by atoms with Gasteiger partial charge in [-0.25, -0.2) is 4.31 Å². The fourth-order valence-corrected chi connectivity index (χ4v) is 7.05. The zero-order valence-corrected chi connectivity index (χ0v) is 25.2. The van der Waals surface area contributed by atoms with Crippen molar-refractivity contribution >= 4 is 34.5 Å². The summed E-state index contributed by atoms with van der Waals surface area (Å²) in [5.74, 6) is -0.0887. The number of nitrogens with two attached hydrogens (primary N) is 1. The van der Waals surface area contributed by atoms with Gasteiger partial charge in [0.25, 0.3) is 5.91 Å². The molecule has 4 N–H and O–H groups in total. The molecular weight excluding hydrogens is 578 g/mol. The third-order valence-electron chi connectivity index (χ3n) is 8.96. The molecule has 5 atom stereocenters. The molecule has 2 heterocycles. The number of carbonyl (C=O) groups excluding carboxylic acids is 1. The lowest BCUT2D eigenvalue weighted by Gasteiger charge is -2.43. The van der Waals surface area contributed by atoms with Gasteiger partial charge < -0.3 is 30.1 Å². The highest BCUT2D eigenvalue weighted by Gasteiger charge is 2.40. The average Bonchev–Trinajstić information content (AvgIpc) is 2.96. The van der Waals surface area contributed by atoms with Gasteiger partial charge in [0.05, 0.1) is 18.3 Å². The van der Waals surface area contributed by atoms with Gasteiger partial charge in [0.15, 0.2) is 5.60 Å². The van der Waals surface area contributed by atoms with Gasteiger partial charge >= 0.3 is 0 Å². The van der Waals surface area contributed by atoms with E-state index in [4.69, 9.17) is 22.1 Å². The minimum absolute atomic E-state index is 0.0851. The van der Waals surface area contributed by atoms with Crippen LogP contribution in [0.15, 0.2) is 48.6 Å². The lowest BCUT2D eigenvalue weighted by Crippen LogP contribution is -2.50. The summed E-state index contributed by atoms with van der Waals surface area (Å²) in [6, 6.07) is 10.8. The molecule has 0 radical (unpaired) electrons. The maximum Gasteiger partial charge on any atom is 0.255 e. The smallest absolute Gasteiger partial charge is 0.255 e. The number of aryl methyl sites for hydroxylation is 1. The van der Waals surface area contributed by atoms with E-state index in [1.165, 1.54) is 0 Å². The summed E-state index contributed by atoms with van der Waals surface area (Å²) >= 11 is 3.61. The predicted octanol–water partition coefficient (Wildman–Crippen LogP) is 3.57. The zero-order chi connectivity index (χ0) is 29.9. The topological polar surface area (TPSA) is 139 Å². The molecule has 0 aromatic heterocycles. The van der Waals surface area contributed by atoms with E-state index < -0.39 is 35.4 Å². The number of fused-ring (bicyclic) bond motifs is 3. The number of amides is 1. The summed E-state index contributed by atoms with van der Waals surface area (Å²) in [5.41, 5.74) is 6.57. The molecule has 42 heavy (non-hydrogen) atoms.